The molecule has 4 nitrogen and oxygen atoms in total. The van der Waals surface area contributed by atoms with E-state index in [1.165, 1.54) is 5.56 Å². The lowest BCUT2D eigenvalue weighted by Crippen LogP contribution is -2.61. The van der Waals surface area contributed by atoms with Crippen LogP contribution in [0.1, 0.15) is 60.9 Å². The lowest BCUT2D eigenvalue weighted by Gasteiger charge is -2.45. The summed E-state index contributed by atoms with van der Waals surface area (Å²) in [5, 5.41) is 2.03. The van der Waals surface area contributed by atoms with Gasteiger partial charge in [0.2, 0.25) is 0 Å². The number of fused-ring (bicyclic) bond motifs is 10. The first-order chi connectivity index (χ1) is 41.0. The Morgan fingerprint density at radius 1 is 0.377 bits per heavy atom. The predicted molar refractivity (Wildman–Crippen MR) is 325 cm³/mol. The van der Waals surface area contributed by atoms with E-state index in [1.807, 2.05) is 48.5 Å². The second kappa shape index (κ2) is 17.1. The van der Waals surface area contributed by atoms with Gasteiger partial charge in [-0.05, 0) is 129 Å². The molecule has 0 amide bonds. The lowest BCUT2D eigenvalue weighted by molar-refractivity contribution is 0.640. The molecule has 2 aliphatic heterocycles. The third-order valence-corrected chi connectivity index (χ3v) is 16.6. The summed E-state index contributed by atoms with van der Waals surface area (Å²) >= 11 is 0. The van der Waals surface area contributed by atoms with Gasteiger partial charge >= 0.3 is 0 Å². The van der Waals surface area contributed by atoms with Gasteiger partial charge in [0, 0.05) is 72.2 Å². The minimum absolute atomic E-state index is 0.0231. The normalized spacial score (nSPS) is 14.6. The van der Waals surface area contributed by atoms with E-state index in [1.54, 1.807) is 4.57 Å². The molecule has 0 atom stereocenters. The van der Waals surface area contributed by atoms with Crippen LogP contribution in [-0.4, -0.2) is 11.3 Å². The van der Waals surface area contributed by atoms with Gasteiger partial charge in [0.1, 0.15) is 11.2 Å². The molecule has 11 aromatic carbocycles. The van der Waals surface area contributed by atoms with Crippen molar-refractivity contribution in [2.45, 2.75) is 38.5 Å². The Bertz CT molecular complexity index is 4850. The Morgan fingerprint density at radius 2 is 0.870 bits per heavy atom. The van der Waals surface area contributed by atoms with Crippen molar-refractivity contribution in [3.8, 4) is 16.8 Å². The van der Waals surface area contributed by atoms with Crippen LogP contribution in [0.4, 0.5) is 34.1 Å². The summed E-state index contributed by atoms with van der Waals surface area (Å²) in [6, 6.07) is 69.2. The molecule has 0 bridgehead atoms. The summed E-state index contributed by atoms with van der Waals surface area (Å²) < 4.78 is 81.6. The van der Waals surface area contributed by atoms with Gasteiger partial charge in [-0.1, -0.05) is 203 Å². The highest BCUT2D eigenvalue weighted by Crippen LogP contribution is 2.49. The number of para-hydroxylation sites is 3. The van der Waals surface area contributed by atoms with E-state index in [-0.39, 0.29) is 51.4 Å². The number of anilines is 6. The van der Waals surface area contributed by atoms with Crippen molar-refractivity contribution < 1.29 is 15.4 Å². The molecule has 0 saturated carbocycles. The van der Waals surface area contributed by atoms with E-state index in [0.717, 1.165) is 100 Å². The maximum atomic E-state index is 9.52. The van der Waals surface area contributed by atoms with E-state index in [9.17, 15) is 5.48 Å². The van der Waals surface area contributed by atoms with Crippen molar-refractivity contribution in [3.63, 3.8) is 0 Å². The second-order valence-corrected chi connectivity index (χ2v) is 21.5. The quantitative estimate of drug-likeness (QED) is 0.142. The fourth-order valence-electron chi connectivity index (χ4n) is 12.4. The highest BCUT2D eigenvalue weighted by Gasteiger charge is 2.45. The zero-order valence-corrected chi connectivity index (χ0v) is 43.0. The predicted octanol–water partition coefficient (Wildman–Crippen LogP) is 17.1. The summed E-state index contributed by atoms with van der Waals surface area (Å²) in [7, 11) is 0. The first-order valence-electron chi connectivity index (χ1n) is 30.3. The average molecular weight is 996 g/mol. The van der Waals surface area contributed by atoms with Crippen LogP contribution < -0.4 is 26.2 Å². The lowest BCUT2D eigenvalue weighted by atomic mass is 9.33. The van der Waals surface area contributed by atoms with Crippen LogP contribution in [0.3, 0.4) is 0 Å². The highest BCUT2D eigenvalue weighted by atomic mass is 16.3. The monoisotopic (exact) mass is 995 g/mol. The van der Waals surface area contributed by atoms with E-state index in [4.69, 9.17) is 9.90 Å². The molecule has 0 spiro atoms. The Kier molecular flexibility index (Phi) is 8.31. The first kappa shape index (κ1) is 37.4. The summed E-state index contributed by atoms with van der Waals surface area (Å²) in [5.74, 6) is 0. The van der Waals surface area contributed by atoms with Crippen molar-refractivity contribution in [2.24, 2.45) is 0 Å². The van der Waals surface area contributed by atoms with Crippen molar-refractivity contribution >= 4 is 101 Å². The molecular formula is C72H54BN3O. The summed E-state index contributed by atoms with van der Waals surface area (Å²) in [6.45, 7) is 8.62. The van der Waals surface area contributed by atoms with Crippen LogP contribution >= 0.6 is 0 Å². The van der Waals surface area contributed by atoms with Crippen LogP contribution in [0, 0.1) is 0 Å². The van der Waals surface area contributed by atoms with Gasteiger partial charge in [0.25, 0.3) is 6.71 Å². The maximum absolute atomic E-state index is 9.52. The molecule has 0 unspecified atom stereocenters. The van der Waals surface area contributed by atoms with Crippen molar-refractivity contribution in [2.75, 3.05) is 9.80 Å². The molecule has 0 radical (unpaired) electrons. The third kappa shape index (κ3) is 6.93. The van der Waals surface area contributed by atoms with Crippen molar-refractivity contribution in [1.82, 2.24) is 4.57 Å². The van der Waals surface area contributed by atoms with E-state index >= 15 is 0 Å². The summed E-state index contributed by atoms with van der Waals surface area (Å²) in [4.78, 5) is 4.74. The summed E-state index contributed by atoms with van der Waals surface area (Å²) in [6.07, 6.45) is 0. The molecule has 4 heterocycles. The van der Waals surface area contributed by atoms with E-state index in [0.29, 0.717) is 5.69 Å². The topological polar surface area (TPSA) is 24.6 Å². The van der Waals surface area contributed by atoms with Gasteiger partial charge < -0.3 is 18.8 Å². The zero-order valence-electron chi connectivity index (χ0n) is 51.0. The van der Waals surface area contributed by atoms with Gasteiger partial charge in [-0.25, -0.2) is 0 Å². The Hall–Kier alpha value is -9.32. The average Bonchev–Trinajstić information content (AvgIpc) is 1.69. The molecule has 77 heavy (non-hydrogen) atoms. The second-order valence-electron chi connectivity index (χ2n) is 21.5. The van der Waals surface area contributed by atoms with Crippen LogP contribution in [0.25, 0.3) is 60.6 Å². The smallest absolute Gasteiger partial charge is 0.252 e. The molecule has 0 N–H and O–H groups in total. The number of benzene rings is 11. The van der Waals surface area contributed by atoms with E-state index < -0.39 is 36.3 Å². The Balaban J connectivity index is 1.07. The van der Waals surface area contributed by atoms with Crippen LogP contribution in [-0.2, 0) is 10.8 Å². The minimum Gasteiger partial charge on any atom is -0.456 e. The van der Waals surface area contributed by atoms with Gasteiger partial charge in [0.05, 0.1) is 22.0 Å². The van der Waals surface area contributed by atoms with Gasteiger partial charge in [0.15, 0.2) is 0 Å². The summed E-state index contributed by atoms with van der Waals surface area (Å²) in [5.41, 5.74) is 16.5. The number of rotatable bonds is 8. The minimum atomic E-state index is -0.539. The number of hydrogen-bond donors (Lipinski definition) is 0. The molecule has 2 aliphatic rings. The molecule has 15 rings (SSSR count). The van der Waals surface area contributed by atoms with Crippen molar-refractivity contribution in [1.29, 1.82) is 0 Å². The molecular weight excluding hydrogens is 934 g/mol. The number of aromatic nitrogens is 1. The van der Waals surface area contributed by atoms with Crippen LogP contribution in [0.2, 0.25) is 0 Å². The van der Waals surface area contributed by atoms with Gasteiger partial charge in [-0.3, -0.25) is 0 Å². The zero-order chi connectivity index (χ0) is 58.5. The molecule has 2 aromatic heterocycles. The molecule has 0 saturated heterocycles. The largest absolute Gasteiger partial charge is 0.456 e. The SMILES string of the molecule is [2H]c1c([2H])c([2H])c2c(c1[2H])c1c([2H])c([2H])c([2H])c([2H])c1n2-c1ccc2c(c1)N(c1ccc(C(C)(C)c3ccccc3)cc1)c1cc(C(C)(C)c3ccccc3)cc3c1B2c1cc2oc4ccccc4c2cc1N3c1ccc(-c2ccccc2)cc1. The third-order valence-electron chi connectivity index (χ3n) is 16.6. The van der Waals surface area contributed by atoms with Crippen molar-refractivity contribution in [3.05, 3.63) is 277 Å². The molecule has 5 heteroatoms. The molecule has 0 fully saturated rings. The number of hydrogen-bond acceptors (Lipinski definition) is 3. The number of furan rings is 1. The fraction of sp³-hybridized carbons (Fsp3) is 0.0833. The standard InChI is InChI=1S/C72H54BN3O/c1-71(2,49-22-10-6-11-23-49)51-34-38-54(39-35-51)74-64-44-55(76-62-29-17-14-26-56(62)57-27-15-18-30-63(57)76)40-41-60(64)73-61-46-69-59(58-28-16-19-31-68(58)77-69)45-65(61)75(53-36-32-48(33-37-53)47-20-8-5-9-21-47)67-43-52(42-66(74)70(67)73)72(3,4)50-24-12-7-13-25-50/h5-46H,1-4H3/i14D,15D,17D,18D,26D,27D,29D,30D. The molecule has 0 aliphatic carbocycles. The van der Waals surface area contributed by atoms with Crippen LogP contribution in [0.15, 0.2) is 259 Å². The van der Waals surface area contributed by atoms with Gasteiger partial charge in [-0.2, -0.15) is 0 Å². The van der Waals surface area contributed by atoms with Crippen LogP contribution in [0.5, 0.6) is 0 Å². The Labute approximate surface area is 461 Å². The van der Waals surface area contributed by atoms with Gasteiger partial charge in [-0.15, -0.1) is 0 Å². The Morgan fingerprint density at radius 3 is 1.49 bits per heavy atom. The molecule has 366 valence electrons. The first-order valence-corrected chi connectivity index (χ1v) is 26.3. The number of nitrogens with zero attached hydrogens (tertiary/aromatic N) is 3. The van der Waals surface area contributed by atoms with E-state index in [2.05, 4.69) is 195 Å². The fourth-order valence-corrected chi connectivity index (χ4v) is 12.4. The highest BCUT2D eigenvalue weighted by molar-refractivity contribution is 7.00. The molecule has 13 aromatic rings. The maximum Gasteiger partial charge on any atom is 0.252 e.